The molecule has 1 aromatic heterocycles. The molecule has 0 fully saturated rings. The van der Waals surface area contributed by atoms with Crippen LogP contribution in [0.2, 0.25) is 0 Å². The highest BCUT2D eigenvalue weighted by molar-refractivity contribution is 7.99. The van der Waals surface area contributed by atoms with Gasteiger partial charge in [0.05, 0.1) is 30.6 Å². The minimum Gasteiger partial charge on any atom is -0.493 e. The van der Waals surface area contributed by atoms with Gasteiger partial charge in [-0.15, -0.1) is 0 Å². The van der Waals surface area contributed by atoms with Gasteiger partial charge in [0.2, 0.25) is 5.91 Å². The summed E-state index contributed by atoms with van der Waals surface area (Å²) in [6.45, 7) is 1.03. The molecule has 3 rings (SSSR count). The Bertz CT molecular complexity index is 857. The SMILES string of the molecule is COc1cc2c(cc1OC)CN(C(=O)CSc1ccc(C(F)(F)F)cn1)CC2. The maximum Gasteiger partial charge on any atom is 0.417 e. The van der Waals surface area contributed by atoms with Gasteiger partial charge in [-0.05, 0) is 41.8 Å². The highest BCUT2D eigenvalue weighted by Gasteiger charge is 2.30. The number of nitrogens with zero attached hydrogens (tertiary/aromatic N) is 2. The van der Waals surface area contributed by atoms with Crippen molar-refractivity contribution in [2.24, 2.45) is 0 Å². The van der Waals surface area contributed by atoms with Gasteiger partial charge in [-0.2, -0.15) is 13.2 Å². The van der Waals surface area contributed by atoms with Crippen molar-refractivity contribution in [2.45, 2.75) is 24.2 Å². The van der Waals surface area contributed by atoms with E-state index in [1.54, 1.807) is 19.1 Å². The van der Waals surface area contributed by atoms with E-state index in [0.717, 1.165) is 35.2 Å². The van der Waals surface area contributed by atoms with Gasteiger partial charge in [-0.25, -0.2) is 4.98 Å². The van der Waals surface area contributed by atoms with Gasteiger partial charge in [0, 0.05) is 19.3 Å². The monoisotopic (exact) mass is 412 g/mol. The van der Waals surface area contributed by atoms with Gasteiger partial charge in [0.15, 0.2) is 11.5 Å². The first-order valence-corrected chi connectivity index (χ1v) is 9.48. The van der Waals surface area contributed by atoms with Crippen LogP contribution in [0.5, 0.6) is 11.5 Å². The summed E-state index contributed by atoms with van der Waals surface area (Å²) < 4.78 is 48.3. The molecule has 0 radical (unpaired) electrons. The molecule has 28 heavy (non-hydrogen) atoms. The second-order valence-electron chi connectivity index (χ2n) is 6.21. The first kappa shape index (κ1) is 20.3. The number of halogens is 3. The molecule has 5 nitrogen and oxygen atoms in total. The van der Waals surface area contributed by atoms with Crippen molar-refractivity contribution in [2.75, 3.05) is 26.5 Å². The standard InChI is InChI=1S/C19H19F3N2O3S/c1-26-15-7-12-5-6-24(10-13(12)8-16(15)27-2)18(25)11-28-17-4-3-14(9-23-17)19(20,21)22/h3-4,7-9H,5-6,10-11H2,1-2H3. The second-order valence-corrected chi connectivity index (χ2v) is 7.21. The zero-order chi connectivity index (χ0) is 20.3. The molecule has 0 atom stereocenters. The van der Waals surface area contributed by atoms with E-state index < -0.39 is 11.7 Å². The smallest absolute Gasteiger partial charge is 0.417 e. The zero-order valence-corrected chi connectivity index (χ0v) is 16.2. The lowest BCUT2D eigenvalue weighted by molar-refractivity contribution is -0.138. The topological polar surface area (TPSA) is 51.7 Å². The van der Waals surface area contributed by atoms with Gasteiger partial charge in [-0.1, -0.05) is 11.8 Å². The van der Waals surface area contributed by atoms with Crippen molar-refractivity contribution in [1.29, 1.82) is 0 Å². The molecule has 1 aliphatic heterocycles. The highest BCUT2D eigenvalue weighted by Crippen LogP contribution is 2.33. The van der Waals surface area contributed by atoms with Crippen molar-refractivity contribution in [3.8, 4) is 11.5 Å². The number of carbonyl (C=O) groups excluding carboxylic acids is 1. The predicted molar refractivity (Wildman–Crippen MR) is 98.6 cm³/mol. The molecule has 0 saturated heterocycles. The van der Waals surface area contributed by atoms with E-state index in [9.17, 15) is 18.0 Å². The summed E-state index contributed by atoms with van der Waals surface area (Å²) in [5.41, 5.74) is 1.30. The zero-order valence-electron chi connectivity index (χ0n) is 15.4. The maximum atomic E-state index is 12.6. The number of methoxy groups -OCH3 is 2. The Hall–Kier alpha value is -2.42. The summed E-state index contributed by atoms with van der Waals surface area (Å²) in [5, 5.41) is 0.380. The van der Waals surface area contributed by atoms with E-state index in [4.69, 9.17) is 9.47 Å². The van der Waals surface area contributed by atoms with Crippen LogP contribution in [-0.4, -0.2) is 42.3 Å². The van der Waals surface area contributed by atoms with Crippen molar-refractivity contribution in [3.63, 3.8) is 0 Å². The first-order chi connectivity index (χ1) is 13.3. The third kappa shape index (κ3) is 4.52. The third-order valence-electron chi connectivity index (χ3n) is 4.48. The molecule has 0 unspecified atom stereocenters. The molecule has 0 spiro atoms. The van der Waals surface area contributed by atoms with Crippen molar-refractivity contribution >= 4 is 17.7 Å². The number of ether oxygens (including phenoxy) is 2. The molecular formula is C19H19F3N2O3S. The molecular weight excluding hydrogens is 393 g/mol. The molecule has 2 heterocycles. The Morgan fingerprint density at radius 2 is 1.86 bits per heavy atom. The van der Waals surface area contributed by atoms with Crippen LogP contribution in [0, 0.1) is 0 Å². The van der Waals surface area contributed by atoms with E-state index >= 15 is 0 Å². The van der Waals surface area contributed by atoms with E-state index in [1.807, 2.05) is 12.1 Å². The number of aromatic nitrogens is 1. The molecule has 0 aliphatic carbocycles. The van der Waals surface area contributed by atoms with Gasteiger partial charge in [0.25, 0.3) is 0 Å². The van der Waals surface area contributed by atoms with E-state index in [0.29, 0.717) is 36.0 Å². The Morgan fingerprint density at radius 3 is 2.43 bits per heavy atom. The molecule has 0 bridgehead atoms. The molecule has 1 aliphatic rings. The van der Waals surface area contributed by atoms with Crippen molar-refractivity contribution in [3.05, 3.63) is 47.2 Å². The normalized spacial score (nSPS) is 13.8. The molecule has 1 aromatic carbocycles. The van der Waals surface area contributed by atoms with E-state index in [-0.39, 0.29) is 11.7 Å². The minimum absolute atomic E-state index is 0.0906. The quantitative estimate of drug-likeness (QED) is 0.700. The Morgan fingerprint density at radius 1 is 1.18 bits per heavy atom. The lowest BCUT2D eigenvalue weighted by Crippen LogP contribution is -2.37. The Labute approximate surface area is 164 Å². The number of pyridine rings is 1. The summed E-state index contributed by atoms with van der Waals surface area (Å²) in [7, 11) is 3.14. The van der Waals surface area contributed by atoms with Crippen LogP contribution in [-0.2, 0) is 23.9 Å². The number of hydrogen-bond donors (Lipinski definition) is 0. The highest BCUT2D eigenvalue weighted by atomic mass is 32.2. The summed E-state index contributed by atoms with van der Waals surface area (Å²) in [5.74, 6) is 1.29. The van der Waals surface area contributed by atoms with Crippen LogP contribution >= 0.6 is 11.8 Å². The van der Waals surface area contributed by atoms with Gasteiger partial charge in [0.1, 0.15) is 0 Å². The number of rotatable bonds is 5. The molecule has 0 saturated carbocycles. The van der Waals surface area contributed by atoms with Gasteiger partial charge in [-0.3, -0.25) is 4.79 Å². The number of benzene rings is 1. The number of amides is 1. The first-order valence-electron chi connectivity index (χ1n) is 8.49. The molecule has 0 N–H and O–H groups in total. The molecule has 150 valence electrons. The third-order valence-corrected chi connectivity index (χ3v) is 5.41. The largest absolute Gasteiger partial charge is 0.493 e. The number of fused-ring (bicyclic) bond motifs is 1. The van der Waals surface area contributed by atoms with Gasteiger partial charge >= 0.3 is 6.18 Å². The van der Waals surface area contributed by atoms with Crippen molar-refractivity contribution in [1.82, 2.24) is 9.88 Å². The number of thioether (sulfide) groups is 1. The lowest BCUT2D eigenvalue weighted by Gasteiger charge is -2.29. The fraction of sp³-hybridized carbons (Fsp3) is 0.368. The average Bonchev–Trinajstić information content (AvgIpc) is 2.70. The van der Waals surface area contributed by atoms with Crippen LogP contribution < -0.4 is 9.47 Å². The van der Waals surface area contributed by atoms with Crippen molar-refractivity contribution < 1.29 is 27.4 Å². The Balaban J connectivity index is 1.62. The molecule has 1 amide bonds. The Kier molecular flexibility index (Phi) is 6.02. The fourth-order valence-electron chi connectivity index (χ4n) is 2.96. The maximum absolute atomic E-state index is 12.6. The minimum atomic E-state index is -4.42. The summed E-state index contributed by atoms with van der Waals surface area (Å²) in [6.07, 6.45) is -2.94. The number of alkyl halides is 3. The predicted octanol–water partition coefficient (Wildman–Crippen LogP) is 3.79. The van der Waals surface area contributed by atoms with Gasteiger partial charge < -0.3 is 14.4 Å². The van der Waals surface area contributed by atoms with E-state index in [1.165, 1.54) is 6.07 Å². The number of carbonyl (C=O) groups is 1. The fourth-order valence-corrected chi connectivity index (χ4v) is 3.70. The van der Waals surface area contributed by atoms with Crippen LogP contribution in [0.25, 0.3) is 0 Å². The van der Waals surface area contributed by atoms with E-state index in [2.05, 4.69) is 4.98 Å². The molecule has 2 aromatic rings. The van der Waals surface area contributed by atoms with Crippen LogP contribution in [0.4, 0.5) is 13.2 Å². The lowest BCUT2D eigenvalue weighted by atomic mass is 9.99. The summed E-state index contributed by atoms with van der Waals surface area (Å²) >= 11 is 1.12. The van der Waals surface area contributed by atoms with Crippen LogP contribution in [0.15, 0.2) is 35.5 Å². The van der Waals surface area contributed by atoms with Crippen LogP contribution in [0.3, 0.4) is 0 Å². The summed E-state index contributed by atoms with van der Waals surface area (Å²) in [6, 6.07) is 6.05. The van der Waals surface area contributed by atoms with Crippen LogP contribution in [0.1, 0.15) is 16.7 Å². The number of hydrogen-bond acceptors (Lipinski definition) is 5. The average molecular weight is 412 g/mol. The molecule has 9 heteroatoms. The summed E-state index contributed by atoms with van der Waals surface area (Å²) in [4.78, 5) is 18.0. The second kappa shape index (κ2) is 8.30.